The lowest BCUT2D eigenvalue weighted by Gasteiger charge is -2.43. The molecule has 4 N–H and O–H groups in total. The van der Waals surface area contributed by atoms with Crippen LogP contribution in [-0.4, -0.2) is 12.1 Å². The fourth-order valence-corrected chi connectivity index (χ4v) is 2.92. The van der Waals surface area contributed by atoms with E-state index in [0.29, 0.717) is 6.54 Å². The molecule has 17 heavy (non-hydrogen) atoms. The van der Waals surface area contributed by atoms with Gasteiger partial charge in [-0.15, -0.1) is 0 Å². The Kier molecular flexibility index (Phi) is 3.48. The molecule has 1 saturated carbocycles. The lowest BCUT2D eigenvalue weighted by Crippen LogP contribution is -2.48. The number of halogens is 1. The summed E-state index contributed by atoms with van der Waals surface area (Å²) in [6.45, 7) is 2.80. The van der Waals surface area contributed by atoms with Gasteiger partial charge in [-0.3, -0.25) is 0 Å². The van der Waals surface area contributed by atoms with Crippen LogP contribution in [0.4, 0.5) is 0 Å². The molecule has 0 heterocycles. The highest BCUT2D eigenvalue weighted by atomic mass is 35.5. The monoisotopic (exact) mass is 252 g/mol. The first kappa shape index (κ1) is 12.9. The first-order chi connectivity index (χ1) is 7.97. The zero-order chi connectivity index (χ0) is 12.5. The molecule has 0 atom stereocenters. The van der Waals surface area contributed by atoms with Gasteiger partial charge in [-0.1, -0.05) is 23.7 Å². The second-order valence-electron chi connectivity index (χ2n) is 5.65. The highest BCUT2D eigenvalue weighted by molar-refractivity contribution is 6.30. The van der Waals surface area contributed by atoms with E-state index in [0.717, 1.165) is 30.7 Å². The van der Waals surface area contributed by atoms with E-state index in [1.807, 2.05) is 18.2 Å². The maximum absolute atomic E-state index is 6.19. The van der Waals surface area contributed by atoms with Crippen LogP contribution in [0.1, 0.15) is 38.2 Å². The summed E-state index contributed by atoms with van der Waals surface area (Å²) in [7, 11) is 0. The molecule has 0 bridgehead atoms. The molecule has 2 rings (SSSR count). The van der Waals surface area contributed by atoms with Crippen LogP contribution in [0.3, 0.4) is 0 Å². The summed E-state index contributed by atoms with van der Waals surface area (Å²) in [5.41, 5.74) is 13.5. The molecule has 0 saturated heterocycles. The van der Waals surface area contributed by atoms with Gasteiger partial charge in [0.2, 0.25) is 0 Å². The van der Waals surface area contributed by atoms with Crippen LogP contribution in [0.5, 0.6) is 0 Å². The van der Waals surface area contributed by atoms with E-state index < -0.39 is 0 Å². The van der Waals surface area contributed by atoms with Crippen molar-refractivity contribution in [1.29, 1.82) is 0 Å². The average molecular weight is 253 g/mol. The Balaban J connectivity index is 2.27. The zero-order valence-electron chi connectivity index (χ0n) is 10.4. The van der Waals surface area contributed by atoms with E-state index in [4.69, 9.17) is 23.1 Å². The second-order valence-corrected chi connectivity index (χ2v) is 6.09. The average Bonchev–Trinajstić information content (AvgIpc) is 2.30. The summed E-state index contributed by atoms with van der Waals surface area (Å²) in [5.74, 6) is 0. The normalized spacial score (nSPS) is 33.6. The Bertz CT molecular complexity index is 391. The Labute approximate surface area is 108 Å². The zero-order valence-corrected chi connectivity index (χ0v) is 11.1. The maximum Gasteiger partial charge on any atom is 0.0408 e. The predicted molar refractivity (Wildman–Crippen MR) is 73.2 cm³/mol. The van der Waals surface area contributed by atoms with Crippen molar-refractivity contribution in [2.75, 3.05) is 6.54 Å². The van der Waals surface area contributed by atoms with Crippen molar-refractivity contribution in [1.82, 2.24) is 0 Å². The number of rotatable bonds is 2. The van der Waals surface area contributed by atoms with E-state index in [9.17, 15) is 0 Å². The van der Waals surface area contributed by atoms with Crippen LogP contribution in [0.2, 0.25) is 5.02 Å². The van der Waals surface area contributed by atoms with Gasteiger partial charge in [0.1, 0.15) is 0 Å². The van der Waals surface area contributed by atoms with Crippen molar-refractivity contribution in [3.63, 3.8) is 0 Å². The predicted octanol–water partition coefficient (Wildman–Crippen LogP) is 2.83. The molecule has 94 valence electrons. The minimum absolute atomic E-state index is 0.0305. The third-order valence-electron chi connectivity index (χ3n) is 4.18. The summed E-state index contributed by atoms with van der Waals surface area (Å²) < 4.78 is 0. The first-order valence-electron chi connectivity index (χ1n) is 6.23. The van der Waals surface area contributed by atoms with Crippen molar-refractivity contribution < 1.29 is 0 Å². The van der Waals surface area contributed by atoms with Crippen molar-refractivity contribution in [3.05, 3.63) is 34.9 Å². The molecule has 1 aromatic rings. The van der Waals surface area contributed by atoms with Gasteiger partial charge in [-0.2, -0.15) is 0 Å². The molecule has 0 aliphatic heterocycles. The quantitative estimate of drug-likeness (QED) is 0.851. The molecule has 2 nitrogen and oxygen atoms in total. The van der Waals surface area contributed by atoms with Crippen LogP contribution in [-0.2, 0) is 5.41 Å². The lowest BCUT2D eigenvalue weighted by atomic mass is 9.65. The molecule has 1 aliphatic carbocycles. The molecule has 3 heteroatoms. The van der Waals surface area contributed by atoms with E-state index >= 15 is 0 Å². The molecule has 0 radical (unpaired) electrons. The van der Waals surface area contributed by atoms with Gasteiger partial charge >= 0.3 is 0 Å². The SMILES string of the molecule is CC1(N)CCC(CN)(c2cccc(Cl)c2)CC1. The Morgan fingerprint density at radius 2 is 1.88 bits per heavy atom. The van der Waals surface area contributed by atoms with Gasteiger partial charge in [0.05, 0.1) is 0 Å². The fraction of sp³-hybridized carbons (Fsp3) is 0.571. The Morgan fingerprint density at radius 1 is 1.24 bits per heavy atom. The van der Waals surface area contributed by atoms with Crippen LogP contribution >= 0.6 is 11.6 Å². The number of hydrogen-bond acceptors (Lipinski definition) is 2. The molecule has 0 spiro atoms. The van der Waals surface area contributed by atoms with Crippen molar-refractivity contribution >= 4 is 11.6 Å². The summed E-state index contributed by atoms with van der Waals surface area (Å²) in [5, 5.41) is 0.788. The Hall–Kier alpha value is -0.570. The van der Waals surface area contributed by atoms with E-state index in [-0.39, 0.29) is 11.0 Å². The van der Waals surface area contributed by atoms with Crippen molar-refractivity contribution in [2.45, 2.75) is 43.6 Å². The van der Waals surface area contributed by atoms with Crippen LogP contribution < -0.4 is 11.5 Å². The highest BCUT2D eigenvalue weighted by Crippen LogP contribution is 2.42. The van der Waals surface area contributed by atoms with Gasteiger partial charge in [0, 0.05) is 22.5 Å². The topological polar surface area (TPSA) is 52.0 Å². The van der Waals surface area contributed by atoms with Gasteiger partial charge in [-0.05, 0) is 50.3 Å². The summed E-state index contributed by atoms with van der Waals surface area (Å²) in [6.07, 6.45) is 4.15. The molecule has 1 fully saturated rings. The largest absolute Gasteiger partial charge is 0.330 e. The molecule has 1 aromatic carbocycles. The summed E-state index contributed by atoms with van der Waals surface area (Å²) >= 11 is 6.07. The number of benzene rings is 1. The van der Waals surface area contributed by atoms with Crippen molar-refractivity contribution in [3.8, 4) is 0 Å². The molecular formula is C14H21ClN2. The number of hydrogen-bond donors (Lipinski definition) is 2. The minimum atomic E-state index is -0.0305. The van der Waals surface area contributed by atoms with Crippen molar-refractivity contribution in [2.24, 2.45) is 11.5 Å². The lowest BCUT2D eigenvalue weighted by molar-refractivity contribution is 0.217. The summed E-state index contributed by atoms with van der Waals surface area (Å²) in [6, 6.07) is 8.10. The smallest absolute Gasteiger partial charge is 0.0408 e. The summed E-state index contributed by atoms with van der Waals surface area (Å²) in [4.78, 5) is 0. The third-order valence-corrected chi connectivity index (χ3v) is 4.41. The first-order valence-corrected chi connectivity index (χ1v) is 6.60. The van der Waals surface area contributed by atoms with E-state index in [1.54, 1.807) is 0 Å². The van der Waals surface area contributed by atoms with Gasteiger partial charge in [-0.25, -0.2) is 0 Å². The molecule has 1 aliphatic rings. The van der Waals surface area contributed by atoms with E-state index in [2.05, 4.69) is 13.0 Å². The van der Waals surface area contributed by atoms with Gasteiger partial charge in [0.25, 0.3) is 0 Å². The number of nitrogens with two attached hydrogens (primary N) is 2. The van der Waals surface area contributed by atoms with Crippen LogP contribution in [0, 0.1) is 0 Å². The maximum atomic E-state index is 6.19. The standard InChI is InChI=1S/C14H21ClN2/c1-13(17)5-7-14(10-16,8-6-13)11-3-2-4-12(15)9-11/h2-4,9H,5-8,10,16-17H2,1H3. The van der Waals surface area contributed by atoms with Crippen LogP contribution in [0.25, 0.3) is 0 Å². The molecule has 0 aromatic heterocycles. The molecule has 0 unspecified atom stereocenters. The highest BCUT2D eigenvalue weighted by Gasteiger charge is 2.38. The van der Waals surface area contributed by atoms with Gasteiger partial charge < -0.3 is 11.5 Å². The Morgan fingerprint density at radius 3 is 2.41 bits per heavy atom. The van der Waals surface area contributed by atoms with Crippen LogP contribution in [0.15, 0.2) is 24.3 Å². The second kappa shape index (κ2) is 4.60. The van der Waals surface area contributed by atoms with Gasteiger partial charge in [0.15, 0.2) is 0 Å². The minimum Gasteiger partial charge on any atom is -0.330 e. The fourth-order valence-electron chi connectivity index (χ4n) is 2.73. The molecular weight excluding hydrogens is 232 g/mol. The van der Waals surface area contributed by atoms with E-state index in [1.165, 1.54) is 5.56 Å². The molecule has 0 amide bonds. The third kappa shape index (κ3) is 2.65.